The third-order valence-corrected chi connectivity index (χ3v) is 3.65. The van der Waals surface area contributed by atoms with Gasteiger partial charge in [0.05, 0.1) is 6.54 Å². The minimum Gasteiger partial charge on any atom is -0.475 e. The number of benzene rings is 1. The average Bonchev–Trinajstić information content (AvgIpc) is 2.51. The van der Waals surface area contributed by atoms with Gasteiger partial charge in [0.1, 0.15) is 0 Å². The quantitative estimate of drug-likeness (QED) is 0.636. The van der Waals surface area contributed by atoms with Gasteiger partial charge >= 0.3 is 5.82 Å². The highest BCUT2D eigenvalue weighted by atomic mass is 35.5. The van der Waals surface area contributed by atoms with Crippen LogP contribution in [0.15, 0.2) is 36.4 Å². The zero-order valence-electron chi connectivity index (χ0n) is 12.1. The van der Waals surface area contributed by atoms with E-state index in [4.69, 9.17) is 16.3 Å². The molecule has 0 bridgehead atoms. The van der Waals surface area contributed by atoms with Crippen LogP contribution in [0.1, 0.15) is 12.5 Å². The number of halogens is 1. The Kier molecular flexibility index (Phi) is 3.87. The fraction of sp³-hybridized carbons (Fsp3) is 0.200. The van der Waals surface area contributed by atoms with Gasteiger partial charge in [-0.2, -0.15) is 0 Å². The van der Waals surface area contributed by atoms with E-state index in [-0.39, 0.29) is 24.1 Å². The van der Waals surface area contributed by atoms with E-state index in [1.54, 1.807) is 25.1 Å². The second kappa shape index (κ2) is 5.85. The molecule has 3 rings (SSSR count). The minimum atomic E-state index is -0.690. The second-order valence-corrected chi connectivity index (χ2v) is 5.50. The first-order chi connectivity index (χ1) is 11.0. The number of nitro groups is 1. The van der Waals surface area contributed by atoms with Crippen molar-refractivity contribution >= 4 is 29.1 Å². The van der Waals surface area contributed by atoms with Crippen LogP contribution >= 0.6 is 11.6 Å². The van der Waals surface area contributed by atoms with Crippen LogP contribution in [0.5, 0.6) is 5.75 Å². The maximum atomic E-state index is 12.4. The molecule has 0 N–H and O–H groups in total. The van der Waals surface area contributed by atoms with Gasteiger partial charge < -0.3 is 14.9 Å². The molecule has 0 saturated heterocycles. The minimum absolute atomic E-state index is 0.141. The molecule has 2 heterocycles. The Balaban J connectivity index is 2.03. The van der Waals surface area contributed by atoms with Gasteiger partial charge in [0, 0.05) is 11.1 Å². The summed E-state index contributed by atoms with van der Waals surface area (Å²) < 4.78 is 5.47. The second-order valence-electron chi connectivity index (χ2n) is 5.06. The normalized spacial score (nSPS) is 16.7. The summed E-state index contributed by atoms with van der Waals surface area (Å²) in [6, 6.07) is 9.75. The lowest BCUT2D eigenvalue weighted by Crippen LogP contribution is -2.44. The number of hydrogen-bond acceptors (Lipinski definition) is 5. The number of nitrogens with zero attached hydrogens (tertiary/aromatic N) is 3. The first-order valence-corrected chi connectivity index (χ1v) is 7.21. The Labute approximate surface area is 136 Å². The van der Waals surface area contributed by atoms with E-state index in [0.29, 0.717) is 10.8 Å². The van der Waals surface area contributed by atoms with Gasteiger partial charge in [0.25, 0.3) is 11.7 Å². The summed E-state index contributed by atoms with van der Waals surface area (Å²) in [5.74, 6) is -0.178. The lowest BCUT2D eigenvalue weighted by atomic mass is 10.1. The number of carbonyl (C=O) groups excluding carboxylic acids is 1. The SMILES string of the molecule is CC1Oc2ccc([N+](=O)[O-])nc2N(Cc2cccc(Cl)c2)C1=O. The van der Waals surface area contributed by atoms with Gasteiger partial charge in [-0.15, -0.1) is 0 Å². The molecule has 8 heteroatoms. The van der Waals surface area contributed by atoms with Crippen molar-refractivity contribution in [2.45, 2.75) is 19.6 Å². The van der Waals surface area contributed by atoms with Gasteiger partial charge in [0.15, 0.2) is 11.9 Å². The van der Waals surface area contributed by atoms with Gasteiger partial charge in [-0.05, 0) is 40.6 Å². The number of aromatic nitrogens is 1. The summed E-state index contributed by atoms with van der Waals surface area (Å²) >= 11 is 5.96. The highest BCUT2D eigenvalue weighted by Crippen LogP contribution is 2.35. The van der Waals surface area contributed by atoms with Crippen molar-refractivity contribution in [1.29, 1.82) is 0 Å². The standard InChI is InChI=1S/C15H12ClN3O4/c1-9-15(20)18(8-10-3-2-4-11(16)7-10)14-12(23-9)5-6-13(17-14)19(21)22/h2-7,9H,8H2,1H3. The Hall–Kier alpha value is -2.67. The molecule has 2 aromatic rings. The molecule has 0 saturated carbocycles. The molecule has 0 spiro atoms. The molecule has 7 nitrogen and oxygen atoms in total. The van der Waals surface area contributed by atoms with Crippen LogP contribution in [0.2, 0.25) is 5.02 Å². The Morgan fingerprint density at radius 2 is 2.17 bits per heavy atom. The van der Waals surface area contributed by atoms with Crippen LogP contribution in [-0.4, -0.2) is 21.9 Å². The largest absolute Gasteiger partial charge is 0.475 e. The van der Waals surface area contributed by atoms with E-state index in [2.05, 4.69) is 4.98 Å². The molecule has 0 fully saturated rings. The molecule has 1 amide bonds. The number of anilines is 1. The van der Waals surface area contributed by atoms with Crippen molar-refractivity contribution < 1.29 is 14.5 Å². The van der Waals surface area contributed by atoms with E-state index in [9.17, 15) is 14.9 Å². The molecule has 1 aliphatic heterocycles. The predicted octanol–water partition coefficient (Wildman–Crippen LogP) is 2.96. The summed E-state index contributed by atoms with van der Waals surface area (Å²) in [6.07, 6.45) is -0.690. The first-order valence-electron chi connectivity index (χ1n) is 6.83. The van der Waals surface area contributed by atoms with Crippen molar-refractivity contribution in [3.05, 3.63) is 57.1 Å². The van der Waals surface area contributed by atoms with Gasteiger partial charge in [-0.3, -0.25) is 9.69 Å². The fourth-order valence-electron chi connectivity index (χ4n) is 2.35. The zero-order chi connectivity index (χ0) is 16.6. The highest BCUT2D eigenvalue weighted by Gasteiger charge is 2.36. The smallest absolute Gasteiger partial charge is 0.366 e. The topological polar surface area (TPSA) is 85.6 Å². The molecule has 1 atom stereocenters. The number of ether oxygens (including phenoxy) is 1. The number of fused-ring (bicyclic) bond motifs is 1. The van der Waals surface area contributed by atoms with Crippen molar-refractivity contribution in [3.63, 3.8) is 0 Å². The fourth-order valence-corrected chi connectivity index (χ4v) is 2.56. The van der Waals surface area contributed by atoms with Crippen molar-refractivity contribution in [2.24, 2.45) is 0 Å². The van der Waals surface area contributed by atoms with E-state index in [1.165, 1.54) is 17.0 Å². The maximum Gasteiger partial charge on any atom is 0.366 e. The average molecular weight is 334 g/mol. The van der Waals surface area contributed by atoms with Gasteiger partial charge in [-0.1, -0.05) is 23.7 Å². The summed E-state index contributed by atoms with van der Waals surface area (Å²) in [5.41, 5.74) is 0.791. The molecular formula is C15H12ClN3O4. The molecule has 23 heavy (non-hydrogen) atoms. The molecule has 1 aromatic carbocycles. The third kappa shape index (κ3) is 2.95. The van der Waals surface area contributed by atoms with Crippen LogP contribution in [0, 0.1) is 10.1 Å². The van der Waals surface area contributed by atoms with Crippen LogP contribution in [0.4, 0.5) is 11.6 Å². The number of hydrogen-bond donors (Lipinski definition) is 0. The Morgan fingerprint density at radius 1 is 1.39 bits per heavy atom. The lowest BCUT2D eigenvalue weighted by molar-refractivity contribution is -0.389. The van der Waals surface area contributed by atoms with E-state index in [0.717, 1.165) is 5.56 Å². The van der Waals surface area contributed by atoms with E-state index < -0.39 is 11.0 Å². The number of rotatable bonds is 3. The highest BCUT2D eigenvalue weighted by molar-refractivity contribution is 6.30. The van der Waals surface area contributed by atoms with Gasteiger partial charge in [-0.25, -0.2) is 0 Å². The van der Waals surface area contributed by atoms with Crippen LogP contribution < -0.4 is 9.64 Å². The predicted molar refractivity (Wildman–Crippen MR) is 83.6 cm³/mol. The van der Waals surface area contributed by atoms with Crippen molar-refractivity contribution in [2.75, 3.05) is 4.90 Å². The summed E-state index contributed by atoms with van der Waals surface area (Å²) in [6.45, 7) is 1.83. The molecule has 1 aromatic heterocycles. The van der Waals surface area contributed by atoms with E-state index in [1.807, 2.05) is 6.07 Å². The maximum absolute atomic E-state index is 12.4. The molecule has 1 aliphatic rings. The van der Waals surface area contributed by atoms with Crippen LogP contribution in [0.25, 0.3) is 0 Å². The summed E-state index contributed by atoms with van der Waals surface area (Å²) in [4.78, 5) is 28.1. The first kappa shape index (κ1) is 15.2. The molecule has 118 valence electrons. The van der Waals surface area contributed by atoms with Crippen molar-refractivity contribution in [1.82, 2.24) is 4.98 Å². The zero-order valence-corrected chi connectivity index (χ0v) is 12.9. The molecule has 1 unspecified atom stereocenters. The van der Waals surface area contributed by atoms with Gasteiger partial charge in [0.2, 0.25) is 0 Å². The number of pyridine rings is 1. The number of amides is 1. The molecule has 0 radical (unpaired) electrons. The Bertz CT molecular complexity index is 796. The third-order valence-electron chi connectivity index (χ3n) is 3.41. The Morgan fingerprint density at radius 3 is 2.87 bits per heavy atom. The number of carbonyl (C=O) groups is 1. The van der Waals surface area contributed by atoms with E-state index >= 15 is 0 Å². The van der Waals surface area contributed by atoms with Crippen LogP contribution in [0.3, 0.4) is 0 Å². The molecule has 0 aliphatic carbocycles. The van der Waals surface area contributed by atoms with Crippen LogP contribution in [-0.2, 0) is 11.3 Å². The summed E-state index contributed by atoms with van der Waals surface area (Å²) in [5, 5.41) is 11.5. The van der Waals surface area contributed by atoms with Crippen molar-refractivity contribution in [3.8, 4) is 5.75 Å². The monoisotopic (exact) mass is 333 g/mol. The molecular weight excluding hydrogens is 322 g/mol. The lowest BCUT2D eigenvalue weighted by Gasteiger charge is -2.29. The summed E-state index contributed by atoms with van der Waals surface area (Å²) in [7, 11) is 0.